The zero-order chi connectivity index (χ0) is 39.1. The monoisotopic (exact) mass is 755 g/mol. The number of aliphatic imine (C=N–C) groups is 2. The molecule has 1 N–H and O–H groups in total. The zero-order valence-electron chi connectivity index (χ0n) is 32.1. The van der Waals surface area contributed by atoms with Crippen LogP contribution in [0.4, 0.5) is 0 Å². The molecule has 0 radical (unpaired) electrons. The molecule has 0 bridgehead atoms. The first-order chi connectivity index (χ1) is 29.2. The molecule has 1 aromatic heterocycles. The van der Waals surface area contributed by atoms with Crippen molar-refractivity contribution in [2.75, 3.05) is 0 Å². The van der Waals surface area contributed by atoms with Crippen LogP contribution in [0.5, 0.6) is 0 Å². The molecule has 1 atom stereocenters. The largest absolute Gasteiger partial charge is 0.455 e. The van der Waals surface area contributed by atoms with Crippen LogP contribution in [0, 0.1) is 0 Å². The molecule has 11 rings (SSSR count). The van der Waals surface area contributed by atoms with Crippen molar-refractivity contribution in [1.82, 2.24) is 5.32 Å². The number of hydrogen-bond acceptors (Lipinski definition) is 4. The van der Waals surface area contributed by atoms with Gasteiger partial charge in [0.2, 0.25) is 0 Å². The van der Waals surface area contributed by atoms with Crippen LogP contribution in [0.1, 0.15) is 22.9 Å². The molecule has 0 fully saturated rings. The van der Waals surface area contributed by atoms with E-state index >= 15 is 0 Å². The Labute approximate surface area is 342 Å². The first-order valence-electron chi connectivity index (χ1n) is 20.0. The van der Waals surface area contributed by atoms with E-state index in [0.717, 1.165) is 88.6 Å². The average molecular weight is 756 g/mol. The van der Waals surface area contributed by atoms with Crippen molar-refractivity contribution in [2.45, 2.75) is 6.17 Å². The van der Waals surface area contributed by atoms with E-state index in [4.69, 9.17) is 14.4 Å². The van der Waals surface area contributed by atoms with Crippen molar-refractivity contribution in [3.63, 3.8) is 0 Å². The lowest BCUT2D eigenvalue weighted by Crippen LogP contribution is -2.33. The van der Waals surface area contributed by atoms with Crippen LogP contribution in [0.15, 0.2) is 227 Å². The van der Waals surface area contributed by atoms with Gasteiger partial charge in [-0.1, -0.05) is 188 Å². The summed E-state index contributed by atoms with van der Waals surface area (Å²) in [7, 11) is 0. The molecule has 0 saturated carbocycles. The second-order valence-corrected chi connectivity index (χ2v) is 15.0. The van der Waals surface area contributed by atoms with E-state index in [1.807, 2.05) is 24.3 Å². The molecule has 0 aliphatic carbocycles. The van der Waals surface area contributed by atoms with Crippen molar-refractivity contribution < 1.29 is 4.42 Å². The normalized spacial score (nSPS) is 13.9. The number of benzene rings is 9. The van der Waals surface area contributed by atoms with Gasteiger partial charge in [-0.15, -0.1) is 0 Å². The molecule has 2 heterocycles. The summed E-state index contributed by atoms with van der Waals surface area (Å²) >= 11 is 0. The molecule has 0 amide bonds. The molecule has 0 spiro atoms. The summed E-state index contributed by atoms with van der Waals surface area (Å²) in [5, 5.41) is 8.14. The fourth-order valence-electron chi connectivity index (χ4n) is 8.40. The van der Waals surface area contributed by atoms with Crippen LogP contribution in [-0.4, -0.2) is 11.7 Å². The molecule has 1 unspecified atom stereocenters. The Kier molecular flexibility index (Phi) is 8.52. The number of nitrogens with one attached hydrogen (secondary N) is 1. The Hall–Kier alpha value is -7.82. The smallest absolute Gasteiger partial charge is 0.159 e. The summed E-state index contributed by atoms with van der Waals surface area (Å²) in [6.45, 7) is 0. The highest BCUT2D eigenvalue weighted by molar-refractivity contribution is 6.20. The van der Waals surface area contributed by atoms with Gasteiger partial charge in [-0.3, -0.25) is 0 Å². The van der Waals surface area contributed by atoms with Crippen LogP contribution >= 0.6 is 0 Å². The highest BCUT2D eigenvalue weighted by Gasteiger charge is 2.24. The second kappa shape index (κ2) is 14.6. The van der Waals surface area contributed by atoms with Crippen LogP contribution in [-0.2, 0) is 0 Å². The SMILES string of the molecule is c1ccc(-c2ccc(C3=NC(c4cc(-c5ccc(-c6ccccc6)c6oc7ccccc7c56)c5ccccc5c4)=NC(c4ccc(-c5ccccc5)cc4)N3)cc2)cc1. The van der Waals surface area contributed by atoms with Crippen molar-refractivity contribution in [3.8, 4) is 44.5 Å². The van der Waals surface area contributed by atoms with Gasteiger partial charge in [0.1, 0.15) is 23.2 Å². The number of fused-ring (bicyclic) bond motifs is 4. The minimum Gasteiger partial charge on any atom is -0.455 e. The maximum Gasteiger partial charge on any atom is 0.159 e. The lowest BCUT2D eigenvalue weighted by atomic mass is 9.90. The van der Waals surface area contributed by atoms with E-state index in [1.165, 1.54) is 11.1 Å². The van der Waals surface area contributed by atoms with Gasteiger partial charge in [-0.2, -0.15) is 0 Å². The molecule has 0 saturated heterocycles. The van der Waals surface area contributed by atoms with E-state index in [1.54, 1.807) is 0 Å². The molecule has 1 aliphatic rings. The van der Waals surface area contributed by atoms with Gasteiger partial charge in [-0.05, 0) is 79.5 Å². The topological polar surface area (TPSA) is 49.9 Å². The third-order valence-electron chi connectivity index (χ3n) is 11.4. The number of hydrogen-bond donors (Lipinski definition) is 1. The first-order valence-corrected chi connectivity index (χ1v) is 20.0. The number of para-hydroxylation sites is 1. The Bertz CT molecular complexity index is 3200. The molecule has 4 nitrogen and oxygen atoms in total. The third kappa shape index (κ3) is 6.37. The van der Waals surface area contributed by atoms with Crippen LogP contribution < -0.4 is 5.32 Å². The van der Waals surface area contributed by atoms with Crippen molar-refractivity contribution in [1.29, 1.82) is 0 Å². The van der Waals surface area contributed by atoms with Crippen LogP contribution in [0.3, 0.4) is 0 Å². The summed E-state index contributed by atoms with van der Waals surface area (Å²) in [6.07, 6.45) is -0.360. The minimum absolute atomic E-state index is 0.360. The fourth-order valence-corrected chi connectivity index (χ4v) is 8.40. The van der Waals surface area contributed by atoms with E-state index in [9.17, 15) is 0 Å². The standard InChI is InChI=1S/C55H37N3O/c1-4-14-36(15-5-1)38-24-28-41(29-25-38)53-56-54(42-30-26-39(27-31-42)37-16-6-2-7-17-37)58-55(57-53)44-34-43-20-10-11-21-45(43)49(35-44)47-33-32-46(40-18-8-3-9-19-40)52-51(47)48-22-12-13-23-50(48)59-52/h1-35,53H,(H,56,57,58). The molecule has 9 aromatic carbocycles. The van der Waals surface area contributed by atoms with Gasteiger partial charge < -0.3 is 9.73 Å². The van der Waals surface area contributed by atoms with Gasteiger partial charge in [-0.25, -0.2) is 9.98 Å². The van der Waals surface area contributed by atoms with Crippen molar-refractivity contribution in [2.24, 2.45) is 9.98 Å². The molecule has 1 aliphatic heterocycles. The number of nitrogens with zero attached hydrogens (tertiary/aromatic N) is 2. The van der Waals surface area contributed by atoms with Gasteiger partial charge >= 0.3 is 0 Å². The molecular weight excluding hydrogens is 719 g/mol. The van der Waals surface area contributed by atoms with E-state index in [0.29, 0.717) is 5.84 Å². The highest BCUT2D eigenvalue weighted by Crippen LogP contribution is 2.44. The Morgan fingerprint density at radius 2 is 0.949 bits per heavy atom. The molecule has 278 valence electrons. The van der Waals surface area contributed by atoms with Crippen molar-refractivity contribution in [3.05, 3.63) is 229 Å². The Morgan fingerprint density at radius 3 is 1.64 bits per heavy atom. The lowest BCUT2D eigenvalue weighted by Gasteiger charge is -2.24. The summed E-state index contributed by atoms with van der Waals surface area (Å²) in [5.41, 5.74) is 13.8. The van der Waals surface area contributed by atoms with Crippen LogP contribution in [0.25, 0.3) is 77.2 Å². The summed E-state index contributed by atoms with van der Waals surface area (Å²) in [6, 6.07) is 74.6. The summed E-state index contributed by atoms with van der Waals surface area (Å²) < 4.78 is 6.70. The van der Waals surface area contributed by atoms with Crippen molar-refractivity contribution >= 4 is 44.4 Å². The molecular formula is C55H37N3O. The van der Waals surface area contributed by atoms with Gasteiger partial charge in [0, 0.05) is 27.5 Å². The number of furan rings is 1. The third-order valence-corrected chi connectivity index (χ3v) is 11.4. The summed E-state index contributed by atoms with van der Waals surface area (Å²) in [5.74, 6) is 1.45. The average Bonchev–Trinajstić information content (AvgIpc) is 3.72. The predicted molar refractivity (Wildman–Crippen MR) is 245 cm³/mol. The second-order valence-electron chi connectivity index (χ2n) is 15.0. The lowest BCUT2D eigenvalue weighted by molar-refractivity contribution is 0.670. The number of rotatable bonds is 7. The van der Waals surface area contributed by atoms with Gasteiger partial charge in [0.05, 0.1) is 0 Å². The molecule has 10 aromatic rings. The highest BCUT2D eigenvalue weighted by atomic mass is 16.3. The van der Waals surface area contributed by atoms with E-state index in [2.05, 4.69) is 193 Å². The Morgan fingerprint density at radius 1 is 0.407 bits per heavy atom. The maximum atomic E-state index is 6.70. The zero-order valence-corrected chi connectivity index (χ0v) is 32.1. The summed E-state index contributed by atoms with van der Waals surface area (Å²) in [4.78, 5) is 10.7. The maximum absolute atomic E-state index is 6.70. The van der Waals surface area contributed by atoms with Crippen LogP contribution in [0.2, 0.25) is 0 Å². The van der Waals surface area contributed by atoms with Gasteiger partial charge in [0.25, 0.3) is 0 Å². The number of amidine groups is 2. The first kappa shape index (κ1) is 34.4. The fraction of sp³-hybridized carbons (Fsp3) is 0.0182. The minimum atomic E-state index is -0.360. The molecule has 59 heavy (non-hydrogen) atoms. The predicted octanol–water partition coefficient (Wildman–Crippen LogP) is 13.9. The quantitative estimate of drug-likeness (QED) is 0.176. The Balaban J connectivity index is 1.08. The van der Waals surface area contributed by atoms with E-state index < -0.39 is 0 Å². The van der Waals surface area contributed by atoms with E-state index in [-0.39, 0.29) is 6.17 Å². The van der Waals surface area contributed by atoms with Gasteiger partial charge in [0.15, 0.2) is 5.84 Å². The molecule has 4 heteroatoms.